The van der Waals surface area contributed by atoms with Gasteiger partial charge in [0.1, 0.15) is 5.82 Å². The van der Waals surface area contributed by atoms with E-state index in [1.54, 1.807) is 13.2 Å². The predicted octanol–water partition coefficient (Wildman–Crippen LogP) is 2.30. The monoisotopic (exact) mass is 323 g/mol. The third kappa shape index (κ3) is 3.92. The topological polar surface area (TPSA) is 106 Å². The number of amides is 1. The van der Waals surface area contributed by atoms with Crippen molar-refractivity contribution in [2.75, 3.05) is 17.7 Å². The summed E-state index contributed by atoms with van der Waals surface area (Å²) in [7, 11) is 1.80. The fraction of sp³-hybridized carbons (Fsp3) is 0.111. The first-order valence-electron chi connectivity index (χ1n) is 7.43. The van der Waals surface area contributed by atoms with Crippen molar-refractivity contribution in [2.45, 2.75) is 6.92 Å². The van der Waals surface area contributed by atoms with Crippen LogP contribution in [0.1, 0.15) is 16.7 Å². The van der Waals surface area contributed by atoms with Crippen LogP contribution in [0.2, 0.25) is 0 Å². The molecule has 1 amide bonds. The summed E-state index contributed by atoms with van der Waals surface area (Å²) in [5.74, 6) is 0.743. The van der Waals surface area contributed by atoms with Crippen molar-refractivity contribution in [2.24, 2.45) is 11.5 Å². The molecule has 1 heterocycles. The Labute approximate surface area is 141 Å². The smallest absolute Gasteiger partial charge is 0.211 e. The molecular formula is C18H21N5O. The summed E-state index contributed by atoms with van der Waals surface area (Å²) in [6.07, 6.45) is 5.65. The van der Waals surface area contributed by atoms with Crippen LogP contribution < -0.4 is 22.1 Å². The Morgan fingerprint density at radius 3 is 2.71 bits per heavy atom. The molecule has 1 aromatic carbocycles. The Kier molecular flexibility index (Phi) is 5.57. The van der Waals surface area contributed by atoms with Gasteiger partial charge in [-0.2, -0.15) is 0 Å². The minimum Gasteiger partial charge on any atom is -0.404 e. The summed E-state index contributed by atoms with van der Waals surface area (Å²) in [6, 6.07) is 9.30. The van der Waals surface area contributed by atoms with Crippen LogP contribution in [0.4, 0.5) is 11.5 Å². The van der Waals surface area contributed by atoms with E-state index in [1.807, 2.05) is 43.3 Å². The molecule has 0 spiro atoms. The minimum absolute atomic E-state index is 0.557. The van der Waals surface area contributed by atoms with Crippen molar-refractivity contribution in [3.63, 3.8) is 0 Å². The molecule has 1 aromatic heterocycles. The molecule has 2 rings (SSSR count). The van der Waals surface area contributed by atoms with Crippen molar-refractivity contribution >= 4 is 29.2 Å². The normalized spacial score (nSPS) is 11.9. The molecule has 0 unspecified atom stereocenters. The van der Waals surface area contributed by atoms with Gasteiger partial charge in [0.05, 0.1) is 0 Å². The molecule has 6 nitrogen and oxygen atoms in total. The zero-order chi connectivity index (χ0) is 17.5. The summed E-state index contributed by atoms with van der Waals surface area (Å²) in [4.78, 5) is 14.8. The van der Waals surface area contributed by atoms with Gasteiger partial charge in [0, 0.05) is 36.4 Å². The molecule has 0 aliphatic heterocycles. The quantitative estimate of drug-likeness (QED) is 0.482. The fourth-order valence-electron chi connectivity index (χ4n) is 2.31. The number of aromatic nitrogens is 1. The maximum atomic E-state index is 10.6. The first-order valence-corrected chi connectivity index (χ1v) is 7.43. The maximum Gasteiger partial charge on any atom is 0.211 e. The number of nitrogens with two attached hydrogens (primary N) is 2. The van der Waals surface area contributed by atoms with Gasteiger partial charge >= 0.3 is 0 Å². The molecule has 6 N–H and O–H groups in total. The third-order valence-electron chi connectivity index (χ3n) is 3.61. The Morgan fingerprint density at radius 1 is 1.25 bits per heavy atom. The van der Waals surface area contributed by atoms with Gasteiger partial charge in [-0.05, 0) is 54.0 Å². The number of allylic oxidation sites excluding steroid dienone is 2. The van der Waals surface area contributed by atoms with Crippen LogP contribution in [0.25, 0.3) is 11.3 Å². The summed E-state index contributed by atoms with van der Waals surface area (Å²) >= 11 is 0. The average molecular weight is 323 g/mol. The van der Waals surface area contributed by atoms with Crippen molar-refractivity contribution in [3.8, 4) is 0 Å². The summed E-state index contributed by atoms with van der Waals surface area (Å²) in [6.45, 7) is 1.96. The number of anilines is 2. The molecule has 0 saturated heterocycles. The highest BCUT2D eigenvalue weighted by atomic mass is 16.1. The molecule has 124 valence electrons. The van der Waals surface area contributed by atoms with E-state index in [0.29, 0.717) is 17.8 Å². The number of hydrogen-bond donors (Lipinski definition) is 4. The summed E-state index contributed by atoms with van der Waals surface area (Å²) < 4.78 is 0. The first kappa shape index (κ1) is 17.1. The van der Waals surface area contributed by atoms with Gasteiger partial charge in [-0.15, -0.1) is 0 Å². The number of nitrogens with zero attached hydrogens (tertiary/aromatic N) is 1. The van der Waals surface area contributed by atoms with Crippen molar-refractivity contribution in [3.05, 3.63) is 65.5 Å². The number of carbonyl (C=O) groups excluding carboxylic acids is 1. The number of nitrogens with one attached hydrogen (secondary N) is 2. The first-order chi connectivity index (χ1) is 11.6. The van der Waals surface area contributed by atoms with Crippen LogP contribution in [-0.2, 0) is 4.79 Å². The van der Waals surface area contributed by atoms with E-state index >= 15 is 0 Å². The second kappa shape index (κ2) is 7.82. The van der Waals surface area contributed by atoms with Gasteiger partial charge in [-0.25, -0.2) is 4.98 Å². The van der Waals surface area contributed by atoms with Crippen molar-refractivity contribution in [1.29, 1.82) is 0 Å². The van der Waals surface area contributed by atoms with Gasteiger partial charge in [-0.3, -0.25) is 4.79 Å². The number of carbonyl (C=O) groups is 1. The van der Waals surface area contributed by atoms with Gasteiger partial charge in [-0.1, -0.05) is 6.07 Å². The molecule has 0 bridgehead atoms. The number of hydrogen-bond acceptors (Lipinski definition) is 5. The zero-order valence-corrected chi connectivity index (χ0v) is 13.7. The van der Waals surface area contributed by atoms with Crippen LogP contribution in [0.5, 0.6) is 0 Å². The van der Waals surface area contributed by atoms with Crippen molar-refractivity contribution in [1.82, 2.24) is 4.98 Å². The number of rotatable bonds is 6. The SMILES string of the molecule is CNc1cc(C(/C=C(\N)c2cc(NC=O)ccc2C)=C/N)ccn1. The second-order valence-corrected chi connectivity index (χ2v) is 5.19. The van der Waals surface area contributed by atoms with Gasteiger partial charge in [0.25, 0.3) is 0 Å². The lowest BCUT2D eigenvalue weighted by molar-refractivity contribution is -0.105. The Balaban J connectivity index is 2.41. The van der Waals surface area contributed by atoms with Gasteiger partial charge in [0.15, 0.2) is 0 Å². The van der Waals surface area contributed by atoms with E-state index in [0.717, 1.165) is 28.1 Å². The van der Waals surface area contributed by atoms with Crippen LogP contribution in [0.3, 0.4) is 0 Å². The minimum atomic E-state index is 0.557. The third-order valence-corrected chi connectivity index (χ3v) is 3.61. The molecular weight excluding hydrogens is 302 g/mol. The van der Waals surface area contributed by atoms with E-state index in [9.17, 15) is 4.79 Å². The van der Waals surface area contributed by atoms with Crippen LogP contribution in [-0.4, -0.2) is 18.4 Å². The van der Waals surface area contributed by atoms with E-state index < -0.39 is 0 Å². The standard InChI is InChI=1S/C18H21N5O/c1-12-3-4-15(23-11-24)9-16(12)17(20)7-14(10-19)13-5-6-22-18(8-13)21-2/h3-11H,19-20H2,1-2H3,(H,21,22)(H,23,24)/b14-10+,17-7-. The summed E-state index contributed by atoms with van der Waals surface area (Å²) in [5, 5.41) is 5.61. The molecule has 6 heteroatoms. The largest absolute Gasteiger partial charge is 0.404 e. The molecule has 0 radical (unpaired) electrons. The molecule has 2 aromatic rings. The van der Waals surface area contributed by atoms with Crippen molar-refractivity contribution < 1.29 is 4.79 Å². The molecule has 0 aliphatic rings. The average Bonchev–Trinajstić information content (AvgIpc) is 2.61. The van der Waals surface area contributed by atoms with E-state index in [2.05, 4.69) is 15.6 Å². The van der Waals surface area contributed by atoms with Crippen LogP contribution in [0, 0.1) is 6.92 Å². The predicted molar refractivity (Wildman–Crippen MR) is 99.0 cm³/mol. The number of aryl methyl sites for hydroxylation is 1. The Bertz CT molecular complexity index is 796. The summed E-state index contributed by atoms with van der Waals surface area (Å²) in [5.41, 5.74) is 16.8. The molecule has 0 saturated carbocycles. The Morgan fingerprint density at radius 2 is 2.04 bits per heavy atom. The van der Waals surface area contributed by atoms with Gasteiger partial charge < -0.3 is 22.1 Å². The zero-order valence-electron chi connectivity index (χ0n) is 13.7. The van der Waals surface area contributed by atoms with Gasteiger partial charge in [0.2, 0.25) is 6.41 Å². The maximum absolute atomic E-state index is 10.6. The highest BCUT2D eigenvalue weighted by molar-refractivity contribution is 5.85. The highest BCUT2D eigenvalue weighted by Gasteiger charge is 2.06. The lowest BCUT2D eigenvalue weighted by Gasteiger charge is -2.11. The van der Waals surface area contributed by atoms with E-state index in [1.165, 1.54) is 6.20 Å². The van der Waals surface area contributed by atoms with E-state index in [-0.39, 0.29) is 0 Å². The Hall–Kier alpha value is -3.28. The number of benzene rings is 1. The lowest BCUT2D eigenvalue weighted by atomic mass is 10.0. The van der Waals surface area contributed by atoms with Crippen LogP contribution >= 0.6 is 0 Å². The molecule has 24 heavy (non-hydrogen) atoms. The van der Waals surface area contributed by atoms with Crippen LogP contribution in [0.15, 0.2) is 48.8 Å². The van der Waals surface area contributed by atoms with E-state index in [4.69, 9.17) is 11.5 Å². The second-order valence-electron chi connectivity index (χ2n) is 5.19. The lowest BCUT2D eigenvalue weighted by Crippen LogP contribution is -2.03. The molecule has 0 atom stereocenters. The number of pyridine rings is 1. The fourth-order valence-corrected chi connectivity index (χ4v) is 2.31. The highest BCUT2D eigenvalue weighted by Crippen LogP contribution is 2.24. The molecule has 0 fully saturated rings. The molecule has 0 aliphatic carbocycles.